The highest BCUT2D eigenvalue weighted by Crippen LogP contribution is 2.36. The van der Waals surface area contributed by atoms with Crippen molar-refractivity contribution < 1.29 is 14.3 Å². The molecule has 1 saturated heterocycles. The number of carbonyl (C=O) groups is 1. The molecule has 7 heteroatoms. The summed E-state index contributed by atoms with van der Waals surface area (Å²) in [4.78, 5) is 24.0. The standard InChI is InChI=1S/C20H21N3O3S/c1-5-23-19(24)17(12-14-11-15(25-3)9-10-16(14)26-4)27-20(23)22-18-8-6-7-13(2)21-18/h6-12H,5H2,1-4H3/b17-12-,22-20+. The highest BCUT2D eigenvalue weighted by atomic mass is 32.2. The minimum absolute atomic E-state index is 0.0845. The molecule has 0 unspecified atom stereocenters. The van der Waals surface area contributed by atoms with Crippen LogP contribution < -0.4 is 9.47 Å². The van der Waals surface area contributed by atoms with Gasteiger partial charge < -0.3 is 9.47 Å². The smallest absolute Gasteiger partial charge is 0.266 e. The van der Waals surface area contributed by atoms with Crippen LogP contribution in [-0.2, 0) is 4.79 Å². The Balaban J connectivity index is 1.98. The van der Waals surface area contributed by atoms with E-state index in [0.29, 0.717) is 33.9 Å². The SMILES string of the molecule is CCN1C(=O)/C(=C/c2cc(OC)ccc2OC)S/C1=N/c1cccc(C)n1. The number of pyridine rings is 1. The van der Waals surface area contributed by atoms with Gasteiger partial charge in [0.05, 0.1) is 19.1 Å². The Morgan fingerprint density at radius 3 is 2.70 bits per heavy atom. The molecule has 0 saturated carbocycles. The van der Waals surface area contributed by atoms with Gasteiger partial charge in [0.1, 0.15) is 11.5 Å². The van der Waals surface area contributed by atoms with Crippen LogP contribution in [0.3, 0.4) is 0 Å². The maximum atomic E-state index is 12.8. The van der Waals surface area contributed by atoms with Crippen molar-refractivity contribution in [1.29, 1.82) is 0 Å². The van der Waals surface area contributed by atoms with Gasteiger partial charge >= 0.3 is 0 Å². The summed E-state index contributed by atoms with van der Waals surface area (Å²) in [5.74, 6) is 1.87. The topological polar surface area (TPSA) is 64.0 Å². The lowest BCUT2D eigenvalue weighted by atomic mass is 10.1. The van der Waals surface area contributed by atoms with Crippen molar-refractivity contribution >= 4 is 34.7 Å². The Bertz CT molecular complexity index is 924. The van der Waals surface area contributed by atoms with E-state index in [9.17, 15) is 4.79 Å². The predicted octanol–water partition coefficient (Wildman–Crippen LogP) is 4.03. The van der Waals surface area contributed by atoms with Gasteiger partial charge in [-0.3, -0.25) is 9.69 Å². The first-order valence-corrected chi connectivity index (χ1v) is 9.33. The van der Waals surface area contributed by atoms with Crippen molar-refractivity contribution in [2.24, 2.45) is 4.99 Å². The number of aryl methyl sites for hydroxylation is 1. The fourth-order valence-electron chi connectivity index (χ4n) is 2.65. The minimum Gasteiger partial charge on any atom is -0.497 e. The summed E-state index contributed by atoms with van der Waals surface area (Å²) in [7, 11) is 3.20. The molecular formula is C20H21N3O3S. The van der Waals surface area contributed by atoms with E-state index in [2.05, 4.69) is 9.98 Å². The molecule has 0 N–H and O–H groups in total. The van der Waals surface area contributed by atoms with Crippen molar-refractivity contribution in [2.45, 2.75) is 13.8 Å². The maximum absolute atomic E-state index is 12.8. The molecule has 3 rings (SSSR count). The Labute approximate surface area is 162 Å². The number of likely N-dealkylation sites (N-methyl/N-ethyl adjacent to an activating group) is 1. The molecule has 2 heterocycles. The largest absolute Gasteiger partial charge is 0.497 e. The van der Waals surface area contributed by atoms with Crippen LogP contribution in [0.15, 0.2) is 46.3 Å². The van der Waals surface area contributed by atoms with Crippen LogP contribution in [0.2, 0.25) is 0 Å². The van der Waals surface area contributed by atoms with Crippen molar-refractivity contribution in [1.82, 2.24) is 9.88 Å². The van der Waals surface area contributed by atoms with Gasteiger partial charge in [-0.25, -0.2) is 9.98 Å². The monoisotopic (exact) mass is 383 g/mol. The molecule has 6 nitrogen and oxygen atoms in total. The molecule has 0 atom stereocenters. The number of aromatic nitrogens is 1. The van der Waals surface area contributed by atoms with Crippen LogP contribution in [-0.4, -0.2) is 41.7 Å². The second-order valence-electron chi connectivity index (χ2n) is 5.80. The van der Waals surface area contributed by atoms with Gasteiger partial charge in [-0.1, -0.05) is 6.07 Å². The Kier molecular flexibility index (Phi) is 5.81. The molecule has 0 aliphatic carbocycles. The summed E-state index contributed by atoms with van der Waals surface area (Å²) in [6.07, 6.45) is 1.81. The summed E-state index contributed by atoms with van der Waals surface area (Å²) >= 11 is 1.33. The number of nitrogens with zero attached hydrogens (tertiary/aromatic N) is 3. The first-order chi connectivity index (χ1) is 13.0. The molecular weight excluding hydrogens is 362 g/mol. The third kappa shape index (κ3) is 4.14. The molecule has 1 fully saturated rings. The first-order valence-electron chi connectivity index (χ1n) is 8.51. The fraction of sp³-hybridized carbons (Fsp3) is 0.250. The van der Waals surface area contributed by atoms with E-state index >= 15 is 0 Å². The number of amidine groups is 1. The number of hydrogen-bond acceptors (Lipinski definition) is 6. The quantitative estimate of drug-likeness (QED) is 0.730. The highest BCUT2D eigenvalue weighted by molar-refractivity contribution is 8.18. The molecule has 0 radical (unpaired) electrons. The highest BCUT2D eigenvalue weighted by Gasteiger charge is 2.32. The first kappa shape index (κ1) is 19.0. The van der Waals surface area contributed by atoms with E-state index in [4.69, 9.17) is 9.47 Å². The molecule has 140 valence electrons. The lowest BCUT2D eigenvalue weighted by Crippen LogP contribution is -2.28. The molecule has 1 amide bonds. The zero-order chi connectivity index (χ0) is 19.4. The number of benzene rings is 1. The molecule has 1 aromatic heterocycles. The maximum Gasteiger partial charge on any atom is 0.266 e. The molecule has 1 aliphatic rings. The lowest BCUT2D eigenvalue weighted by molar-refractivity contribution is -0.122. The number of carbonyl (C=O) groups excluding carboxylic acids is 1. The van der Waals surface area contributed by atoms with Crippen LogP contribution in [0.25, 0.3) is 6.08 Å². The van der Waals surface area contributed by atoms with E-state index < -0.39 is 0 Å². The van der Waals surface area contributed by atoms with E-state index in [0.717, 1.165) is 11.3 Å². The Morgan fingerprint density at radius 1 is 1.22 bits per heavy atom. The number of hydrogen-bond donors (Lipinski definition) is 0. The second kappa shape index (κ2) is 8.26. The number of thioether (sulfide) groups is 1. The van der Waals surface area contributed by atoms with Crippen molar-refractivity contribution in [3.63, 3.8) is 0 Å². The van der Waals surface area contributed by atoms with Crippen molar-refractivity contribution in [3.05, 3.63) is 52.6 Å². The van der Waals surface area contributed by atoms with Crippen molar-refractivity contribution in [3.8, 4) is 11.5 Å². The van der Waals surface area contributed by atoms with Crippen LogP contribution in [0.4, 0.5) is 5.82 Å². The number of rotatable bonds is 5. The number of ether oxygens (including phenoxy) is 2. The minimum atomic E-state index is -0.0845. The average Bonchev–Trinajstić information content (AvgIpc) is 2.96. The molecule has 27 heavy (non-hydrogen) atoms. The summed E-state index contributed by atoms with van der Waals surface area (Å²) in [6.45, 7) is 4.37. The van der Waals surface area contributed by atoms with Crippen LogP contribution in [0, 0.1) is 6.92 Å². The van der Waals surface area contributed by atoms with Crippen molar-refractivity contribution in [2.75, 3.05) is 20.8 Å². The van der Waals surface area contributed by atoms with E-state index in [1.165, 1.54) is 11.8 Å². The van der Waals surface area contributed by atoms with Gasteiger partial charge in [0.15, 0.2) is 11.0 Å². The third-order valence-corrected chi connectivity index (χ3v) is 5.02. The zero-order valence-electron chi connectivity index (χ0n) is 15.7. The summed E-state index contributed by atoms with van der Waals surface area (Å²) in [6, 6.07) is 11.1. The van der Waals surface area contributed by atoms with E-state index in [1.54, 1.807) is 19.1 Å². The summed E-state index contributed by atoms with van der Waals surface area (Å²) in [5, 5.41) is 0.619. The van der Waals surface area contributed by atoms with E-state index in [1.807, 2.05) is 56.3 Å². The molecule has 0 bridgehead atoms. The van der Waals surface area contributed by atoms with Gasteiger partial charge in [-0.05, 0) is 62.0 Å². The van der Waals surface area contributed by atoms with Gasteiger partial charge in [-0.2, -0.15) is 0 Å². The summed E-state index contributed by atoms with van der Waals surface area (Å²) in [5.41, 5.74) is 1.66. The average molecular weight is 383 g/mol. The predicted molar refractivity (Wildman–Crippen MR) is 109 cm³/mol. The Hall–Kier alpha value is -2.80. The van der Waals surface area contributed by atoms with Crippen LogP contribution >= 0.6 is 11.8 Å². The van der Waals surface area contributed by atoms with Gasteiger partial charge in [0.2, 0.25) is 0 Å². The lowest BCUT2D eigenvalue weighted by Gasteiger charge is -2.11. The molecule has 2 aromatic rings. The molecule has 1 aromatic carbocycles. The summed E-state index contributed by atoms with van der Waals surface area (Å²) < 4.78 is 10.7. The number of aliphatic imine (C=N–C) groups is 1. The number of methoxy groups -OCH3 is 2. The molecule has 1 aliphatic heterocycles. The van der Waals surface area contributed by atoms with Gasteiger partial charge in [-0.15, -0.1) is 0 Å². The zero-order valence-corrected chi connectivity index (χ0v) is 16.5. The Morgan fingerprint density at radius 2 is 2.04 bits per heavy atom. The van der Waals surface area contributed by atoms with E-state index in [-0.39, 0.29) is 5.91 Å². The second-order valence-corrected chi connectivity index (χ2v) is 6.81. The van der Waals surface area contributed by atoms with Gasteiger partial charge in [0.25, 0.3) is 5.91 Å². The number of amides is 1. The normalized spacial score (nSPS) is 17.0. The molecule has 0 spiro atoms. The third-order valence-electron chi connectivity index (χ3n) is 4.01. The van der Waals surface area contributed by atoms with Gasteiger partial charge in [0, 0.05) is 17.8 Å². The van der Waals surface area contributed by atoms with Crippen LogP contribution in [0.1, 0.15) is 18.2 Å². The van der Waals surface area contributed by atoms with Crippen LogP contribution in [0.5, 0.6) is 11.5 Å². The fourth-order valence-corrected chi connectivity index (χ4v) is 3.69.